The molecule has 0 bridgehead atoms. The Morgan fingerprint density at radius 3 is 1.58 bits per heavy atom. The first kappa shape index (κ1) is 52.2. The summed E-state index contributed by atoms with van der Waals surface area (Å²) >= 11 is 0. The van der Waals surface area contributed by atoms with E-state index in [4.69, 9.17) is 19.1 Å². The van der Waals surface area contributed by atoms with Gasteiger partial charge in [0.15, 0.2) is 6.10 Å². The second kappa shape index (κ2) is 39.4. The van der Waals surface area contributed by atoms with Gasteiger partial charge in [-0.1, -0.05) is 137 Å². The van der Waals surface area contributed by atoms with E-state index >= 15 is 0 Å². The van der Waals surface area contributed by atoms with E-state index < -0.39 is 51.8 Å². The van der Waals surface area contributed by atoms with Crippen LogP contribution in [0, 0.1) is 0 Å². The highest BCUT2D eigenvalue weighted by Crippen LogP contribution is 2.43. The smallest absolute Gasteiger partial charge is 0.462 e. The third-order valence-electron chi connectivity index (χ3n) is 8.05. The molecule has 0 saturated heterocycles. The van der Waals surface area contributed by atoms with Gasteiger partial charge in [0.05, 0.1) is 19.8 Å². The number of carbonyl (C=O) groups excluding carboxylic acids is 2. The predicted octanol–water partition coefficient (Wildman–Crippen LogP) is 10.7. The third-order valence-corrected chi connectivity index (χ3v) is 9.00. The molecular weight excluding hydrogens is 719 g/mol. The van der Waals surface area contributed by atoms with E-state index in [0.29, 0.717) is 12.8 Å². The summed E-state index contributed by atoms with van der Waals surface area (Å²) in [6.07, 6.45) is 45.6. The number of carbonyl (C=O) groups is 2. The molecule has 314 valence electrons. The van der Waals surface area contributed by atoms with Crippen LogP contribution in [0.2, 0.25) is 0 Å². The Bertz CT molecular complexity index is 1190. The Balaban J connectivity index is 4.47. The fourth-order valence-electron chi connectivity index (χ4n) is 4.89. The molecule has 0 spiro atoms. The lowest BCUT2D eigenvalue weighted by atomic mass is 10.1. The lowest BCUT2D eigenvalue weighted by Crippen LogP contribution is -2.29. The summed E-state index contributed by atoms with van der Waals surface area (Å²) in [5, 5.41) is 18.3. The van der Waals surface area contributed by atoms with Crippen molar-refractivity contribution in [1.82, 2.24) is 0 Å². The fourth-order valence-corrected chi connectivity index (χ4v) is 5.68. The second-order valence-electron chi connectivity index (χ2n) is 13.3. The lowest BCUT2D eigenvalue weighted by molar-refractivity contribution is -0.161. The Kier molecular flexibility index (Phi) is 37.3. The van der Waals surface area contributed by atoms with Gasteiger partial charge in [-0.15, -0.1) is 0 Å². The largest absolute Gasteiger partial charge is 0.472 e. The SMILES string of the molecule is CC/C=C\C/C=C\C/C=C\C/C=C\C/C=C\C/C=C\CCC(=O)OC[C@H](COP(=O)(O)OC[C@@H](O)CO)OC(=O)CCCCCCC/C=C\CCCCCC. The number of aliphatic hydroxyl groups is 2. The molecular formula is C44H73O10P. The van der Waals surface area contributed by atoms with Crippen LogP contribution < -0.4 is 0 Å². The monoisotopic (exact) mass is 792 g/mol. The summed E-state index contributed by atoms with van der Waals surface area (Å²) in [7, 11) is -4.64. The van der Waals surface area contributed by atoms with E-state index in [-0.39, 0.29) is 19.4 Å². The number of rotatable bonds is 37. The normalized spacial score (nSPS) is 14.8. The van der Waals surface area contributed by atoms with Crippen molar-refractivity contribution < 1.29 is 47.8 Å². The van der Waals surface area contributed by atoms with Gasteiger partial charge < -0.3 is 24.6 Å². The molecule has 0 aromatic carbocycles. The van der Waals surface area contributed by atoms with E-state index in [1.807, 2.05) is 12.2 Å². The molecule has 3 atom stereocenters. The Morgan fingerprint density at radius 1 is 0.564 bits per heavy atom. The molecule has 0 aliphatic heterocycles. The van der Waals surface area contributed by atoms with Crippen LogP contribution in [0.25, 0.3) is 0 Å². The number of ether oxygens (including phenoxy) is 2. The van der Waals surface area contributed by atoms with Crippen LogP contribution in [-0.4, -0.2) is 65.7 Å². The summed E-state index contributed by atoms with van der Waals surface area (Å²) in [6.45, 7) is 2.13. The van der Waals surface area contributed by atoms with Crippen LogP contribution in [0.4, 0.5) is 0 Å². The molecule has 0 aliphatic carbocycles. The number of esters is 2. The molecule has 0 saturated carbocycles. The molecule has 0 fully saturated rings. The second-order valence-corrected chi connectivity index (χ2v) is 14.7. The fraction of sp³-hybridized carbons (Fsp3) is 0.636. The van der Waals surface area contributed by atoms with Gasteiger partial charge in [0.1, 0.15) is 12.7 Å². The maximum Gasteiger partial charge on any atom is 0.472 e. The van der Waals surface area contributed by atoms with Gasteiger partial charge in [-0.05, 0) is 77.0 Å². The number of phosphoric acid groups is 1. The number of hydrogen-bond acceptors (Lipinski definition) is 9. The van der Waals surface area contributed by atoms with Crippen LogP contribution in [0.3, 0.4) is 0 Å². The highest BCUT2D eigenvalue weighted by molar-refractivity contribution is 7.47. The molecule has 0 rings (SSSR count). The lowest BCUT2D eigenvalue weighted by Gasteiger charge is -2.20. The van der Waals surface area contributed by atoms with Crippen molar-refractivity contribution in [2.75, 3.05) is 26.4 Å². The predicted molar refractivity (Wildman–Crippen MR) is 223 cm³/mol. The molecule has 55 heavy (non-hydrogen) atoms. The highest BCUT2D eigenvalue weighted by Gasteiger charge is 2.27. The van der Waals surface area contributed by atoms with Gasteiger partial charge in [-0.25, -0.2) is 4.57 Å². The summed E-state index contributed by atoms with van der Waals surface area (Å²) in [5.41, 5.74) is 0. The summed E-state index contributed by atoms with van der Waals surface area (Å²) in [5.74, 6) is -1.04. The summed E-state index contributed by atoms with van der Waals surface area (Å²) in [6, 6.07) is 0. The minimum Gasteiger partial charge on any atom is -0.462 e. The molecule has 0 heterocycles. The van der Waals surface area contributed by atoms with Crippen molar-refractivity contribution >= 4 is 19.8 Å². The molecule has 0 amide bonds. The molecule has 0 radical (unpaired) electrons. The van der Waals surface area contributed by atoms with Crippen molar-refractivity contribution in [3.05, 3.63) is 85.1 Å². The molecule has 3 N–H and O–H groups in total. The topological polar surface area (TPSA) is 149 Å². The highest BCUT2D eigenvalue weighted by atomic mass is 31.2. The summed E-state index contributed by atoms with van der Waals surface area (Å²) in [4.78, 5) is 34.9. The number of hydrogen-bond donors (Lipinski definition) is 3. The van der Waals surface area contributed by atoms with E-state index in [1.165, 1.54) is 25.7 Å². The van der Waals surface area contributed by atoms with Crippen LogP contribution in [0.15, 0.2) is 85.1 Å². The van der Waals surface area contributed by atoms with Crippen molar-refractivity contribution in [1.29, 1.82) is 0 Å². The van der Waals surface area contributed by atoms with Crippen molar-refractivity contribution in [2.45, 2.75) is 154 Å². The van der Waals surface area contributed by atoms with Crippen molar-refractivity contribution in [3.63, 3.8) is 0 Å². The van der Waals surface area contributed by atoms with Gasteiger partial charge in [-0.2, -0.15) is 0 Å². The van der Waals surface area contributed by atoms with Crippen LogP contribution in [0.1, 0.15) is 142 Å². The molecule has 11 heteroatoms. The summed E-state index contributed by atoms with van der Waals surface area (Å²) < 4.78 is 32.5. The van der Waals surface area contributed by atoms with E-state index in [1.54, 1.807) is 0 Å². The quantitative estimate of drug-likeness (QED) is 0.0240. The zero-order valence-electron chi connectivity index (χ0n) is 33.9. The Labute approximate surface area is 332 Å². The average Bonchev–Trinajstić information content (AvgIpc) is 3.17. The minimum atomic E-state index is -4.64. The first-order valence-corrected chi connectivity index (χ1v) is 22.0. The zero-order valence-corrected chi connectivity index (χ0v) is 34.7. The number of phosphoric ester groups is 1. The van der Waals surface area contributed by atoms with Gasteiger partial charge in [-0.3, -0.25) is 18.6 Å². The maximum absolute atomic E-state index is 12.6. The molecule has 10 nitrogen and oxygen atoms in total. The molecule has 0 aliphatic rings. The molecule has 1 unspecified atom stereocenters. The zero-order chi connectivity index (χ0) is 40.5. The van der Waals surface area contributed by atoms with Gasteiger partial charge in [0.25, 0.3) is 0 Å². The first-order valence-electron chi connectivity index (χ1n) is 20.5. The minimum absolute atomic E-state index is 0.110. The number of unbranched alkanes of at least 4 members (excludes halogenated alkanes) is 9. The molecule has 0 aromatic rings. The van der Waals surface area contributed by atoms with Gasteiger partial charge in [0.2, 0.25) is 0 Å². The van der Waals surface area contributed by atoms with E-state index in [9.17, 15) is 24.2 Å². The van der Waals surface area contributed by atoms with E-state index in [0.717, 1.165) is 77.0 Å². The Hall–Kier alpha value is -2.85. The van der Waals surface area contributed by atoms with Gasteiger partial charge in [0, 0.05) is 12.8 Å². The number of allylic oxidation sites excluding steroid dienone is 14. The first-order chi connectivity index (χ1) is 26.7. The van der Waals surface area contributed by atoms with Crippen LogP contribution in [-0.2, 0) is 32.7 Å². The van der Waals surface area contributed by atoms with Crippen molar-refractivity contribution in [2.24, 2.45) is 0 Å². The Morgan fingerprint density at radius 2 is 1.04 bits per heavy atom. The van der Waals surface area contributed by atoms with Gasteiger partial charge >= 0.3 is 19.8 Å². The standard InChI is InChI=1S/C44H73O10P/c1-3-5-7-9-11-13-15-17-18-19-20-21-22-24-25-27-29-31-33-35-43(47)51-39-42(40-53-55(49,50)52-38-41(46)37-45)54-44(48)36-34-32-30-28-26-23-16-14-12-10-8-6-4-2/h5,7,11,13-14,16-18,20-21,24-25,29,31,41-42,45-46H,3-4,6,8-10,12,15,19,22-23,26-28,30,32-40H2,1-2H3,(H,49,50)/b7-5-,13-11-,16-14-,18-17-,21-20-,25-24-,31-29-/t41-,42+/m0/s1. The van der Waals surface area contributed by atoms with Crippen molar-refractivity contribution in [3.8, 4) is 0 Å². The average molecular weight is 793 g/mol. The third kappa shape index (κ3) is 39.2. The van der Waals surface area contributed by atoms with Crippen LogP contribution >= 0.6 is 7.82 Å². The van der Waals surface area contributed by atoms with Crippen LogP contribution in [0.5, 0.6) is 0 Å². The molecule has 0 aromatic heterocycles. The maximum atomic E-state index is 12.6. The number of aliphatic hydroxyl groups excluding tert-OH is 2. The van der Waals surface area contributed by atoms with E-state index in [2.05, 4.69) is 91.3 Å².